The van der Waals surface area contributed by atoms with E-state index in [-0.39, 0.29) is 11.5 Å². The van der Waals surface area contributed by atoms with E-state index in [1.54, 1.807) is 22.9 Å². The summed E-state index contributed by atoms with van der Waals surface area (Å²) < 4.78 is 1.56. The van der Waals surface area contributed by atoms with Crippen molar-refractivity contribution >= 4 is 34.4 Å². The lowest BCUT2D eigenvalue weighted by atomic mass is 10.1. The lowest BCUT2D eigenvalue weighted by molar-refractivity contribution is -0.115. The number of thioether (sulfide) groups is 1. The molecule has 0 aliphatic rings. The lowest BCUT2D eigenvalue weighted by Gasteiger charge is -2.18. The third kappa shape index (κ3) is 4.57. The van der Waals surface area contributed by atoms with E-state index in [1.165, 1.54) is 17.3 Å². The number of fused-ring (bicyclic) bond motifs is 1. The van der Waals surface area contributed by atoms with E-state index >= 15 is 0 Å². The van der Waals surface area contributed by atoms with Gasteiger partial charge in [0.05, 0.1) is 16.3 Å². The number of amides is 1. The maximum atomic E-state index is 13.3. The van der Waals surface area contributed by atoms with Crippen LogP contribution in [-0.2, 0) is 11.2 Å². The van der Waals surface area contributed by atoms with Gasteiger partial charge in [-0.05, 0) is 54.8 Å². The number of pyridine rings is 1. The second-order valence-corrected chi connectivity index (χ2v) is 8.47. The first-order valence-corrected chi connectivity index (χ1v) is 11.5. The first-order chi connectivity index (χ1) is 15.6. The Kier molecular flexibility index (Phi) is 6.66. The maximum Gasteiger partial charge on any atom is 0.268 e. The molecule has 1 unspecified atom stereocenters. The van der Waals surface area contributed by atoms with Crippen molar-refractivity contribution < 1.29 is 4.79 Å². The number of benzene rings is 2. The number of aryl methyl sites for hydroxylation is 1. The van der Waals surface area contributed by atoms with Gasteiger partial charge in [-0.1, -0.05) is 55.9 Å². The van der Waals surface area contributed by atoms with E-state index in [4.69, 9.17) is 0 Å². The normalized spacial score (nSPS) is 11.9. The predicted octanol–water partition coefficient (Wildman–Crippen LogP) is 4.85. The summed E-state index contributed by atoms with van der Waals surface area (Å²) in [5.74, 6) is -0.128. The van der Waals surface area contributed by atoms with Crippen LogP contribution in [0.1, 0.15) is 25.8 Å². The number of carbonyl (C=O) groups is 1. The smallest absolute Gasteiger partial charge is 0.268 e. The molecule has 0 radical (unpaired) electrons. The quantitative estimate of drug-likeness (QED) is 0.326. The van der Waals surface area contributed by atoms with E-state index in [2.05, 4.69) is 22.2 Å². The van der Waals surface area contributed by atoms with Crippen molar-refractivity contribution in [2.75, 3.05) is 5.32 Å². The highest BCUT2D eigenvalue weighted by molar-refractivity contribution is 8.00. The summed E-state index contributed by atoms with van der Waals surface area (Å²) in [6.45, 7) is 4.04. The first-order valence-electron chi connectivity index (χ1n) is 10.6. The molecule has 2 aromatic carbocycles. The molecule has 0 bridgehead atoms. The molecular weight excluding hydrogens is 420 g/mol. The molecule has 4 aromatic rings. The van der Waals surface area contributed by atoms with Gasteiger partial charge in [0.2, 0.25) is 5.91 Å². The SMILES string of the molecule is CCc1ccc(NC(=O)C(CC)Sc2nc3ncccc3c(=O)n2-c2ccccc2)cc1. The summed E-state index contributed by atoms with van der Waals surface area (Å²) >= 11 is 1.27. The van der Waals surface area contributed by atoms with Gasteiger partial charge in [0.1, 0.15) is 0 Å². The minimum atomic E-state index is -0.427. The van der Waals surface area contributed by atoms with Crippen LogP contribution in [0.3, 0.4) is 0 Å². The summed E-state index contributed by atoms with van der Waals surface area (Å²) in [5, 5.41) is 3.44. The van der Waals surface area contributed by atoms with Crippen LogP contribution in [0.4, 0.5) is 5.69 Å². The molecule has 7 heteroatoms. The molecule has 2 aromatic heterocycles. The number of hydrogen-bond donors (Lipinski definition) is 1. The van der Waals surface area contributed by atoms with Crippen LogP contribution in [-0.4, -0.2) is 25.7 Å². The summed E-state index contributed by atoms with van der Waals surface area (Å²) in [7, 11) is 0. The Morgan fingerprint density at radius 2 is 1.78 bits per heavy atom. The summed E-state index contributed by atoms with van der Waals surface area (Å²) in [6, 6.07) is 20.6. The average Bonchev–Trinajstić information content (AvgIpc) is 2.83. The molecule has 162 valence electrons. The zero-order valence-corrected chi connectivity index (χ0v) is 18.8. The molecule has 0 saturated heterocycles. The van der Waals surface area contributed by atoms with Crippen molar-refractivity contribution in [3.8, 4) is 5.69 Å². The molecule has 4 rings (SSSR count). The Hall–Kier alpha value is -3.45. The van der Waals surface area contributed by atoms with Crippen molar-refractivity contribution in [1.29, 1.82) is 0 Å². The number of hydrogen-bond acceptors (Lipinski definition) is 5. The van der Waals surface area contributed by atoms with E-state index in [0.29, 0.717) is 28.3 Å². The van der Waals surface area contributed by atoms with Gasteiger partial charge in [-0.25, -0.2) is 9.97 Å². The van der Waals surface area contributed by atoms with Crippen molar-refractivity contribution in [3.63, 3.8) is 0 Å². The largest absolute Gasteiger partial charge is 0.325 e. The minimum absolute atomic E-state index is 0.128. The average molecular weight is 445 g/mol. The van der Waals surface area contributed by atoms with Gasteiger partial charge in [-0.15, -0.1) is 0 Å². The van der Waals surface area contributed by atoms with Gasteiger partial charge in [0.15, 0.2) is 10.8 Å². The molecule has 0 saturated carbocycles. The standard InChI is InChI=1S/C25H24N4O2S/c1-3-17-12-14-18(15-13-17)27-23(30)21(4-2)32-25-28-22-20(11-8-16-26-22)24(31)29(25)19-9-6-5-7-10-19/h5-16,21H,3-4H2,1-2H3,(H,27,30). The van der Waals surface area contributed by atoms with Gasteiger partial charge in [0.25, 0.3) is 5.56 Å². The minimum Gasteiger partial charge on any atom is -0.325 e. The Labute approximate surface area is 190 Å². The molecule has 1 atom stereocenters. The van der Waals surface area contributed by atoms with Crippen molar-refractivity contribution in [2.24, 2.45) is 0 Å². The Bertz CT molecular complexity index is 1290. The van der Waals surface area contributed by atoms with E-state index in [9.17, 15) is 9.59 Å². The van der Waals surface area contributed by atoms with Crippen LogP contribution < -0.4 is 10.9 Å². The molecule has 0 aliphatic carbocycles. The second-order valence-electron chi connectivity index (χ2n) is 7.30. The van der Waals surface area contributed by atoms with Crippen molar-refractivity contribution in [2.45, 2.75) is 37.1 Å². The molecule has 1 amide bonds. The van der Waals surface area contributed by atoms with Crippen LogP contribution >= 0.6 is 11.8 Å². The number of para-hydroxylation sites is 1. The molecular formula is C25H24N4O2S. The topological polar surface area (TPSA) is 76.9 Å². The lowest BCUT2D eigenvalue weighted by Crippen LogP contribution is -2.27. The van der Waals surface area contributed by atoms with Crippen LogP contribution in [0.5, 0.6) is 0 Å². The number of nitrogens with one attached hydrogen (secondary N) is 1. The third-order valence-electron chi connectivity index (χ3n) is 5.17. The van der Waals surface area contributed by atoms with Crippen LogP contribution in [0.2, 0.25) is 0 Å². The number of nitrogens with zero attached hydrogens (tertiary/aromatic N) is 3. The predicted molar refractivity (Wildman–Crippen MR) is 130 cm³/mol. The van der Waals surface area contributed by atoms with Crippen LogP contribution in [0.15, 0.2) is 82.9 Å². The molecule has 0 aliphatic heterocycles. The third-order valence-corrected chi connectivity index (χ3v) is 6.48. The Morgan fingerprint density at radius 1 is 1.03 bits per heavy atom. The summed E-state index contributed by atoms with van der Waals surface area (Å²) in [5.41, 5.74) is 2.83. The maximum absolute atomic E-state index is 13.3. The molecule has 1 N–H and O–H groups in total. The van der Waals surface area contributed by atoms with Gasteiger partial charge in [0, 0.05) is 11.9 Å². The van der Waals surface area contributed by atoms with Gasteiger partial charge < -0.3 is 5.32 Å². The zero-order chi connectivity index (χ0) is 22.5. The summed E-state index contributed by atoms with van der Waals surface area (Å²) in [4.78, 5) is 35.3. The summed E-state index contributed by atoms with van der Waals surface area (Å²) in [6.07, 6.45) is 3.13. The van der Waals surface area contributed by atoms with Crippen molar-refractivity contribution in [3.05, 3.63) is 88.8 Å². The first kappa shape index (κ1) is 21.8. The monoisotopic (exact) mass is 444 g/mol. The second kappa shape index (κ2) is 9.78. The molecule has 2 heterocycles. The highest BCUT2D eigenvalue weighted by Gasteiger charge is 2.23. The van der Waals surface area contributed by atoms with Crippen LogP contribution in [0, 0.1) is 0 Å². The number of anilines is 1. The molecule has 0 fully saturated rings. The molecule has 32 heavy (non-hydrogen) atoms. The van der Waals surface area contributed by atoms with Gasteiger partial charge >= 0.3 is 0 Å². The highest BCUT2D eigenvalue weighted by Crippen LogP contribution is 2.27. The van der Waals surface area contributed by atoms with Crippen LogP contribution in [0.25, 0.3) is 16.7 Å². The number of rotatable bonds is 7. The Morgan fingerprint density at radius 3 is 2.47 bits per heavy atom. The van der Waals surface area contributed by atoms with E-state index in [0.717, 1.165) is 12.1 Å². The van der Waals surface area contributed by atoms with E-state index in [1.807, 2.05) is 61.5 Å². The van der Waals surface area contributed by atoms with Gasteiger partial charge in [-0.3, -0.25) is 14.2 Å². The Balaban J connectivity index is 1.69. The van der Waals surface area contributed by atoms with Crippen molar-refractivity contribution in [1.82, 2.24) is 14.5 Å². The fourth-order valence-corrected chi connectivity index (χ4v) is 4.40. The zero-order valence-electron chi connectivity index (χ0n) is 18.0. The number of carbonyl (C=O) groups excluding carboxylic acids is 1. The van der Waals surface area contributed by atoms with Gasteiger partial charge in [-0.2, -0.15) is 0 Å². The highest BCUT2D eigenvalue weighted by atomic mass is 32.2. The fourth-order valence-electron chi connectivity index (χ4n) is 3.38. The van der Waals surface area contributed by atoms with E-state index < -0.39 is 5.25 Å². The molecule has 0 spiro atoms. The molecule has 6 nitrogen and oxygen atoms in total. The number of aromatic nitrogens is 3. The fraction of sp³-hybridized carbons (Fsp3) is 0.200.